The molecule has 3 rings (SSSR count). The molecule has 5 heteroatoms. The van der Waals surface area contributed by atoms with Crippen molar-refractivity contribution in [3.63, 3.8) is 0 Å². The number of primary amides is 1. The van der Waals surface area contributed by atoms with Crippen molar-refractivity contribution in [1.29, 1.82) is 0 Å². The highest BCUT2D eigenvalue weighted by atomic mass is 16.1. The molecule has 106 valence electrons. The van der Waals surface area contributed by atoms with E-state index in [1.165, 1.54) is 19.3 Å². The van der Waals surface area contributed by atoms with E-state index >= 15 is 0 Å². The van der Waals surface area contributed by atoms with Gasteiger partial charge in [0.25, 0.3) is 5.91 Å². The summed E-state index contributed by atoms with van der Waals surface area (Å²) in [7, 11) is 0. The maximum absolute atomic E-state index is 11.6. The molecule has 1 aliphatic rings. The van der Waals surface area contributed by atoms with Gasteiger partial charge in [0.05, 0.1) is 11.3 Å². The van der Waals surface area contributed by atoms with Crippen molar-refractivity contribution in [3.05, 3.63) is 24.0 Å². The molecule has 0 aliphatic heterocycles. The second-order valence-corrected chi connectivity index (χ2v) is 5.66. The monoisotopic (exact) mass is 272 g/mol. The Morgan fingerprint density at radius 3 is 3.00 bits per heavy atom. The number of hydrogen-bond donors (Lipinski definition) is 3. The topological polar surface area (TPSA) is 83.8 Å². The maximum Gasteiger partial charge on any atom is 0.252 e. The standard InChI is InChI=1S/C15H20N4O/c1-9-4-2-3-5-12(9)19-13-10-6-7-17-15(10)18-8-11(13)14(16)20/h6-9,12H,2-5H2,1H3,(H2,16,20)(H2,17,18,19)/t9-,12+/m0/s1. The van der Waals surface area contributed by atoms with E-state index in [9.17, 15) is 4.79 Å². The van der Waals surface area contributed by atoms with Crippen LogP contribution in [0.15, 0.2) is 18.5 Å². The summed E-state index contributed by atoms with van der Waals surface area (Å²) in [5.74, 6) is 0.165. The van der Waals surface area contributed by atoms with Crippen molar-refractivity contribution >= 4 is 22.6 Å². The molecule has 5 nitrogen and oxygen atoms in total. The summed E-state index contributed by atoms with van der Waals surface area (Å²) in [5, 5.41) is 4.48. The lowest BCUT2D eigenvalue weighted by atomic mass is 9.85. The zero-order chi connectivity index (χ0) is 14.1. The summed E-state index contributed by atoms with van der Waals surface area (Å²) in [5.41, 5.74) is 7.55. The first kappa shape index (κ1) is 13.0. The van der Waals surface area contributed by atoms with E-state index in [2.05, 4.69) is 22.2 Å². The van der Waals surface area contributed by atoms with E-state index in [1.807, 2.05) is 12.3 Å². The van der Waals surface area contributed by atoms with E-state index in [-0.39, 0.29) is 0 Å². The van der Waals surface area contributed by atoms with Gasteiger partial charge in [-0.05, 0) is 24.8 Å². The highest BCUT2D eigenvalue weighted by Crippen LogP contribution is 2.31. The fraction of sp³-hybridized carbons (Fsp3) is 0.467. The van der Waals surface area contributed by atoms with Gasteiger partial charge in [-0.2, -0.15) is 0 Å². The molecule has 0 spiro atoms. The Balaban J connectivity index is 2.01. The summed E-state index contributed by atoms with van der Waals surface area (Å²) in [6.07, 6.45) is 8.26. The predicted molar refractivity (Wildman–Crippen MR) is 79.7 cm³/mol. The molecule has 2 aromatic rings. The average Bonchev–Trinajstić information content (AvgIpc) is 2.90. The van der Waals surface area contributed by atoms with Crippen LogP contribution in [0.2, 0.25) is 0 Å². The van der Waals surface area contributed by atoms with Gasteiger partial charge in [0, 0.05) is 23.8 Å². The van der Waals surface area contributed by atoms with E-state index in [1.54, 1.807) is 6.20 Å². The number of anilines is 1. The number of nitrogens with zero attached hydrogens (tertiary/aromatic N) is 1. The number of rotatable bonds is 3. The maximum atomic E-state index is 11.6. The van der Waals surface area contributed by atoms with E-state index in [0.717, 1.165) is 23.1 Å². The molecule has 20 heavy (non-hydrogen) atoms. The van der Waals surface area contributed by atoms with Crippen LogP contribution in [-0.2, 0) is 0 Å². The van der Waals surface area contributed by atoms with Crippen LogP contribution in [0.5, 0.6) is 0 Å². The van der Waals surface area contributed by atoms with Crippen LogP contribution in [0, 0.1) is 5.92 Å². The fourth-order valence-electron chi connectivity index (χ4n) is 3.07. The summed E-state index contributed by atoms with van der Waals surface area (Å²) in [6, 6.07) is 2.33. The number of H-pyrrole nitrogens is 1. The highest BCUT2D eigenvalue weighted by Gasteiger charge is 2.24. The van der Waals surface area contributed by atoms with Crippen LogP contribution < -0.4 is 11.1 Å². The van der Waals surface area contributed by atoms with Gasteiger partial charge in [-0.3, -0.25) is 4.79 Å². The third-order valence-corrected chi connectivity index (χ3v) is 4.29. The SMILES string of the molecule is C[C@H]1CCCC[C@H]1Nc1c(C(N)=O)cnc2[nH]ccc12. The molecular formula is C15H20N4O. The Bertz CT molecular complexity index is 634. The first-order valence-corrected chi connectivity index (χ1v) is 7.19. The molecule has 0 aromatic carbocycles. The van der Waals surface area contributed by atoms with Gasteiger partial charge in [0.15, 0.2) is 0 Å². The van der Waals surface area contributed by atoms with Crippen molar-refractivity contribution in [2.24, 2.45) is 11.7 Å². The lowest BCUT2D eigenvalue weighted by Crippen LogP contribution is -2.31. The summed E-state index contributed by atoms with van der Waals surface area (Å²) >= 11 is 0. The van der Waals surface area contributed by atoms with Crippen molar-refractivity contribution in [3.8, 4) is 0 Å². The van der Waals surface area contributed by atoms with Crippen LogP contribution in [0.4, 0.5) is 5.69 Å². The second kappa shape index (κ2) is 5.15. The number of nitrogens with one attached hydrogen (secondary N) is 2. The normalized spacial score (nSPS) is 22.9. The van der Waals surface area contributed by atoms with Crippen molar-refractivity contribution < 1.29 is 4.79 Å². The molecule has 0 bridgehead atoms. The molecular weight excluding hydrogens is 252 g/mol. The first-order valence-electron chi connectivity index (χ1n) is 7.19. The summed E-state index contributed by atoms with van der Waals surface area (Å²) in [4.78, 5) is 19.0. The Kier molecular flexibility index (Phi) is 3.34. The Morgan fingerprint density at radius 2 is 2.25 bits per heavy atom. The van der Waals surface area contributed by atoms with E-state index in [0.29, 0.717) is 17.5 Å². The van der Waals surface area contributed by atoms with Crippen molar-refractivity contribution in [2.75, 3.05) is 5.32 Å². The number of aromatic amines is 1. The number of nitrogens with two attached hydrogens (primary N) is 1. The van der Waals surface area contributed by atoms with Crippen LogP contribution in [0.1, 0.15) is 43.0 Å². The fourth-order valence-corrected chi connectivity index (χ4v) is 3.07. The third-order valence-electron chi connectivity index (χ3n) is 4.29. The van der Waals surface area contributed by atoms with Gasteiger partial charge in [0.2, 0.25) is 0 Å². The van der Waals surface area contributed by atoms with Crippen LogP contribution >= 0.6 is 0 Å². The van der Waals surface area contributed by atoms with Gasteiger partial charge in [-0.1, -0.05) is 19.8 Å². The number of carbonyl (C=O) groups is 1. The molecule has 1 saturated carbocycles. The number of carbonyl (C=O) groups excluding carboxylic acids is 1. The zero-order valence-electron chi connectivity index (χ0n) is 11.6. The Labute approximate surface area is 118 Å². The molecule has 4 N–H and O–H groups in total. The Morgan fingerprint density at radius 1 is 1.45 bits per heavy atom. The number of amides is 1. The summed E-state index contributed by atoms with van der Waals surface area (Å²) < 4.78 is 0. The minimum absolute atomic E-state index is 0.391. The Hall–Kier alpha value is -2.04. The molecule has 2 atom stereocenters. The van der Waals surface area contributed by atoms with E-state index in [4.69, 9.17) is 5.73 Å². The van der Waals surface area contributed by atoms with Gasteiger partial charge >= 0.3 is 0 Å². The average molecular weight is 272 g/mol. The number of fused-ring (bicyclic) bond motifs is 1. The molecule has 2 aromatic heterocycles. The number of aromatic nitrogens is 2. The quantitative estimate of drug-likeness (QED) is 0.803. The molecule has 0 radical (unpaired) electrons. The third kappa shape index (κ3) is 2.24. The molecule has 1 amide bonds. The highest BCUT2D eigenvalue weighted by molar-refractivity contribution is 6.05. The van der Waals surface area contributed by atoms with Gasteiger partial charge in [-0.25, -0.2) is 4.98 Å². The molecule has 0 saturated heterocycles. The minimum Gasteiger partial charge on any atom is -0.381 e. The molecule has 1 aliphatic carbocycles. The summed E-state index contributed by atoms with van der Waals surface area (Å²) in [6.45, 7) is 2.26. The lowest BCUT2D eigenvalue weighted by molar-refractivity contribution is 0.100. The van der Waals surface area contributed by atoms with Crippen molar-refractivity contribution in [2.45, 2.75) is 38.6 Å². The molecule has 1 fully saturated rings. The smallest absolute Gasteiger partial charge is 0.252 e. The van der Waals surface area contributed by atoms with Crippen LogP contribution in [0.25, 0.3) is 11.0 Å². The first-order chi connectivity index (χ1) is 9.66. The minimum atomic E-state index is -0.438. The largest absolute Gasteiger partial charge is 0.381 e. The van der Waals surface area contributed by atoms with Crippen LogP contribution in [0.3, 0.4) is 0 Å². The predicted octanol–water partition coefficient (Wildman–Crippen LogP) is 2.65. The van der Waals surface area contributed by atoms with Gasteiger partial charge in [-0.15, -0.1) is 0 Å². The van der Waals surface area contributed by atoms with Gasteiger partial charge < -0.3 is 16.0 Å². The van der Waals surface area contributed by atoms with E-state index < -0.39 is 5.91 Å². The number of pyridine rings is 1. The zero-order valence-corrected chi connectivity index (χ0v) is 11.6. The van der Waals surface area contributed by atoms with Crippen LogP contribution in [-0.4, -0.2) is 21.9 Å². The molecule has 2 heterocycles. The lowest BCUT2D eigenvalue weighted by Gasteiger charge is -2.31. The van der Waals surface area contributed by atoms with Crippen molar-refractivity contribution in [1.82, 2.24) is 9.97 Å². The molecule has 0 unspecified atom stereocenters. The second-order valence-electron chi connectivity index (χ2n) is 5.66. The number of hydrogen-bond acceptors (Lipinski definition) is 3. The van der Waals surface area contributed by atoms with Gasteiger partial charge in [0.1, 0.15) is 5.65 Å².